The van der Waals surface area contributed by atoms with Crippen LogP contribution >= 0.6 is 0 Å². The van der Waals surface area contributed by atoms with Gasteiger partial charge in [0.25, 0.3) is 5.91 Å². The number of likely N-dealkylation sites (tertiary alicyclic amines) is 1. The summed E-state index contributed by atoms with van der Waals surface area (Å²) in [7, 11) is 3.46. The Hall–Kier alpha value is -4.19. The van der Waals surface area contributed by atoms with Gasteiger partial charge < -0.3 is 19.8 Å². The van der Waals surface area contributed by atoms with Crippen LogP contribution in [0.3, 0.4) is 0 Å². The number of rotatable bonds is 6. The fraction of sp³-hybridized carbons (Fsp3) is 0.318. The molecule has 1 saturated heterocycles. The molecule has 0 spiro atoms. The smallest absolute Gasteiger partial charge is 0.262 e. The Morgan fingerprint density at radius 3 is 2.62 bits per heavy atom. The van der Waals surface area contributed by atoms with Crippen LogP contribution in [0.1, 0.15) is 30.8 Å². The first-order valence-electron chi connectivity index (χ1n) is 10.7. The lowest BCUT2D eigenvalue weighted by Gasteiger charge is -2.16. The Bertz CT molecular complexity index is 1350. The second kappa shape index (κ2) is 8.30. The van der Waals surface area contributed by atoms with Crippen LogP contribution in [0.25, 0.3) is 22.8 Å². The Morgan fingerprint density at radius 2 is 1.91 bits per heavy atom. The normalized spacial score (nSPS) is 18.9. The molecule has 12 heteroatoms. The first-order valence-corrected chi connectivity index (χ1v) is 10.7. The number of aliphatic hydroxyl groups is 1. The van der Waals surface area contributed by atoms with Crippen LogP contribution in [-0.4, -0.2) is 64.6 Å². The zero-order valence-electron chi connectivity index (χ0n) is 18.9. The quantitative estimate of drug-likeness (QED) is 0.433. The van der Waals surface area contributed by atoms with Crippen molar-refractivity contribution in [1.82, 2.24) is 40.0 Å². The number of hydrogen-bond donors (Lipinski definition) is 2. The van der Waals surface area contributed by atoms with Crippen molar-refractivity contribution in [2.75, 3.05) is 18.9 Å². The van der Waals surface area contributed by atoms with E-state index >= 15 is 0 Å². The van der Waals surface area contributed by atoms with Crippen molar-refractivity contribution in [3.05, 3.63) is 54.2 Å². The van der Waals surface area contributed by atoms with Gasteiger partial charge in [-0.25, -0.2) is 15.0 Å². The van der Waals surface area contributed by atoms with Gasteiger partial charge in [0.15, 0.2) is 5.76 Å². The average molecular weight is 461 g/mol. The Labute approximate surface area is 194 Å². The topological polar surface area (TPSA) is 148 Å². The van der Waals surface area contributed by atoms with Gasteiger partial charge in [0.1, 0.15) is 5.69 Å². The second-order valence-corrected chi connectivity index (χ2v) is 8.24. The summed E-state index contributed by atoms with van der Waals surface area (Å²) in [4.78, 5) is 27.4. The summed E-state index contributed by atoms with van der Waals surface area (Å²) in [6, 6.07) is 8.64. The Balaban J connectivity index is 1.39. The molecule has 0 bridgehead atoms. The van der Waals surface area contributed by atoms with Crippen molar-refractivity contribution < 1.29 is 14.4 Å². The third kappa shape index (κ3) is 3.77. The van der Waals surface area contributed by atoms with Crippen molar-refractivity contribution in [1.29, 1.82) is 0 Å². The highest BCUT2D eigenvalue weighted by molar-refractivity contribution is 5.87. The predicted octanol–water partition coefficient (Wildman–Crippen LogP) is 1.54. The molecule has 5 rings (SSSR count). The molecule has 1 aliphatic rings. The van der Waals surface area contributed by atoms with Crippen molar-refractivity contribution in [2.45, 2.75) is 25.0 Å². The molecular formula is C22H23N9O3. The summed E-state index contributed by atoms with van der Waals surface area (Å²) in [6.07, 6.45) is 3.58. The molecular weight excluding hydrogens is 438 g/mol. The molecule has 0 aliphatic carbocycles. The fourth-order valence-corrected chi connectivity index (χ4v) is 3.92. The van der Waals surface area contributed by atoms with E-state index in [0.29, 0.717) is 35.3 Å². The Morgan fingerprint density at radius 1 is 1.15 bits per heavy atom. The van der Waals surface area contributed by atoms with Crippen LogP contribution in [0.5, 0.6) is 0 Å². The highest BCUT2D eigenvalue weighted by atomic mass is 16.5. The van der Waals surface area contributed by atoms with Gasteiger partial charge in [-0.2, -0.15) is 0 Å². The summed E-state index contributed by atoms with van der Waals surface area (Å²) in [5.74, 6) is 0.137. The molecule has 0 saturated carbocycles. The van der Waals surface area contributed by atoms with Gasteiger partial charge in [0.2, 0.25) is 11.5 Å². The lowest BCUT2D eigenvalue weighted by atomic mass is 9.98. The third-order valence-corrected chi connectivity index (χ3v) is 5.90. The zero-order valence-corrected chi connectivity index (χ0v) is 18.9. The number of likely N-dealkylation sites (N-methyl/N-ethyl adjacent to an activating group) is 1. The van der Waals surface area contributed by atoms with E-state index in [0.717, 1.165) is 5.69 Å². The number of carbonyl (C=O) groups excluding carboxylic acids is 1. The van der Waals surface area contributed by atoms with Gasteiger partial charge in [0.05, 0.1) is 35.0 Å². The molecule has 2 atom stereocenters. The molecule has 2 N–H and O–H groups in total. The molecule has 12 nitrogen and oxygen atoms in total. The van der Waals surface area contributed by atoms with Crippen LogP contribution in [0.15, 0.2) is 47.2 Å². The van der Waals surface area contributed by atoms with E-state index < -0.39 is 11.5 Å². The SMILES string of the molecule is C[C@H](Nc1nccc(-c2cccc(-c3cc([C@]4(O)CCN(C)C4=O)on3)n2)n1)c1cnnn1C. The summed E-state index contributed by atoms with van der Waals surface area (Å²) in [5, 5.41) is 25.9. The minimum absolute atomic E-state index is 0.105. The van der Waals surface area contributed by atoms with E-state index in [1.165, 1.54) is 4.90 Å². The summed E-state index contributed by atoms with van der Waals surface area (Å²) in [6.45, 7) is 2.41. The molecule has 1 amide bonds. The standard InChI is InChI=1S/C22H23N9O3/c1-13(18-12-24-29-31(18)3)25-21-23-9-7-16(27-21)14-5-4-6-15(26-14)17-11-19(34-28-17)22(33)8-10-30(2)20(22)32/h4-7,9,11-13,33H,8,10H2,1-3H3,(H,23,25,27)/t13-,22+/m0/s1. The van der Waals surface area contributed by atoms with Gasteiger partial charge in [-0.3, -0.25) is 9.48 Å². The van der Waals surface area contributed by atoms with E-state index in [1.807, 2.05) is 26.1 Å². The van der Waals surface area contributed by atoms with Crippen molar-refractivity contribution >= 4 is 11.9 Å². The number of pyridine rings is 1. The number of nitrogens with one attached hydrogen (secondary N) is 1. The molecule has 1 fully saturated rings. The fourth-order valence-electron chi connectivity index (χ4n) is 3.92. The van der Waals surface area contributed by atoms with E-state index in [4.69, 9.17) is 4.52 Å². The van der Waals surface area contributed by atoms with Gasteiger partial charge in [-0.15, -0.1) is 5.10 Å². The Kier molecular flexibility index (Phi) is 5.28. The van der Waals surface area contributed by atoms with Crippen LogP contribution in [0.2, 0.25) is 0 Å². The first kappa shape index (κ1) is 21.6. The molecule has 174 valence electrons. The van der Waals surface area contributed by atoms with Gasteiger partial charge >= 0.3 is 0 Å². The maximum Gasteiger partial charge on any atom is 0.262 e. The minimum atomic E-state index is -1.70. The number of anilines is 1. The van der Waals surface area contributed by atoms with Crippen LogP contribution in [0.4, 0.5) is 5.95 Å². The van der Waals surface area contributed by atoms with Crippen molar-refractivity contribution in [2.24, 2.45) is 7.05 Å². The zero-order chi connectivity index (χ0) is 23.9. The van der Waals surface area contributed by atoms with Crippen molar-refractivity contribution in [3.63, 3.8) is 0 Å². The van der Waals surface area contributed by atoms with Gasteiger partial charge in [-0.05, 0) is 25.1 Å². The minimum Gasteiger partial charge on any atom is -0.373 e. The number of hydrogen-bond acceptors (Lipinski definition) is 10. The van der Waals surface area contributed by atoms with Crippen LogP contribution < -0.4 is 5.32 Å². The molecule has 0 aromatic carbocycles. The monoisotopic (exact) mass is 461 g/mol. The maximum atomic E-state index is 12.4. The number of aryl methyl sites for hydroxylation is 1. The van der Waals surface area contributed by atoms with E-state index in [-0.39, 0.29) is 18.2 Å². The lowest BCUT2D eigenvalue weighted by molar-refractivity contribution is -0.144. The summed E-state index contributed by atoms with van der Waals surface area (Å²) in [5.41, 5.74) is 1.35. The lowest BCUT2D eigenvalue weighted by Crippen LogP contribution is -2.35. The number of carbonyl (C=O) groups is 1. The molecule has 5 heterocycles. The highest BCUT2D eigenvalue weighted by Gasteiger charge is 2.48. The van der Waals surface area contributed by atoms with E-state index in [2.05, 4.69) is 35.7 Å². The average Bonchev–Trinajstić information content (AvgIpc) is 3.57. The third-order valence-electron chi connectivity index (χ3n) is 5.90. The second-order valence-electron chi connectivity index (χ2n) is 8.24. The molecule has 34 heavy (non-hydrogen) atoms. The van der Waals surface area contributed by atoms with Gasteiger partial charge in [-0.1, -0.05) is 16.4 Å². The number of amides is 1. The maximum absolute atomic E-state index is 12.4. The number of nitrogens with zero attached hydrogens (tertiary/aromatic N) is 8. The van der Waals surface area contributed by atoms with Crippen LogP contribution in [-0.2, 0) is 17.4 Å². The molecule has 1 aliphatic heterocycles. The summed E-state index contributed by atoms with van der Waals surface area (Å²) < 4.78 is 7.03. The first-order chi connectivity index (χ1) is 16.3. The molecule has 0 radical (unpaired) electrons. The van der Waals surface area contributed by atoms with E-state index in [9.17, 15) is 9.90 Å². The van der Waals surface area contributed by atoms with Crippen LogP contribution in [0, 0.1) is 0 Å². The molecule has 0 unspecified atom stereocenters. The summed E-state index contributed by atoms with van der Waals surface area (Å²) >= 11 is 0. The largest absolute Gasteiger partial charge is 0.373 e. The molecule has 4 aromatic rings. The van der Waals surface area contributed by atoms with Crippen molar-refractivity contribution in [3.8, 4) is 22.8 Å². The highest BCUT2D eigenvalue weighted by Crippen LogP contribution is 2.34. The predicted molar refractivity (Wildman–Crippen MR) is 120 cm³/mol. The van der Waals surface area contributed by atoms with Gasteiger partial charge in [0, 0.05) is 39.3 Å². The van der Waals surface area contributed by atoms with E-state index in [1.54, 1.807) is 42.3 Å². The molecule has 4 aromatic heterocycles. The number of aromatic nitrogens is 7.